The standard InChI is InChI=1S/C18H28N2O3/c1-13(2)23-17-10-16(22-4)8-7-14(17)11-20-9-5-6-15(12-20)18(21)19-3/h7-8,10,13,15H,5-6,9,11-12H2,1-4H3,(H,19,21). The van der Waals surface area contributed by atoms with E-state index < -0.39 is 0 Å². The van der Waals surface area contributed by atoms with E-state index in [0.29, 0.717) is 0 Å². The number of benzene rings is 1. The normalized spacial score (nSPS) is 18.7. The molecule has 23 heavy (non-hydrogen) atoms. The molecule has 5 nitrogen and oxygen atoms in total. The number of hydrogen-bond donors (Lipinski definition) is 1. The Balaban J connectivity index is 2.10. The molecule has 1 aliphatic heterocycles. The zero-order valence-electron chi connectivity index (χ0n) is 14.6. The van der Waals surface area contributed by atoms with E-state index in [-0.39, 0.29) is 17.9 Å². The van der Waals surface area contributed by atoms with E-state index in [0.717, 1.165) is 49.5 Å². The Hall–Kier alpha value is -1.75. The summed E-state index contributed by atoms with van der Waals surface area (Å²) < 4.78 is 11.2. The highest BCUT2D eigenvalue weighted by molar-refractivity contribution is 5.78. The molecule has 128 valence electrons. The lowest BCUT2D eigenvalue weighted by atomic mass is 9.96. The average molecular weight is 320 g/mol. The number of nitrogens with zero attached hydrogens (tertiary/aromatic N) is 1. The maximum atomic E-state index is 11.9. The number of methoxy groups -OCH3 is 1. The molecule has 0 saturated carbocycles. The van der Waals surface area contributed by atoms with E-state index in [1.54, 1.807) is 14.2 Å². The highest BCUT2D eigenvalue weighted by atomic mass is 16.5. The van der Waals surface area contributed by atoms with Crippen molar-refractivity contribution in [3.8, 4) is 11.5 Å². The van der Waals surface area contributed by atoms with E-state index in [9.17, 15) is 4.79 Å². The van der Waals surface area contributed by atoms with Crippen molar-refractivity contribution in [3.63, 3.8) is 0 Å². The molecule has 2 rings (SSSR count). The molecular formula is C18H28N2O3. The van der Waals surface area contributed by atoms with Crippen molar-refractivity contribution in [3.05, 3.63) is 23.8 Å². The number of hydrogen-bond acceptors (Lipinski definition) is 4. The minimum atomic E-state index is 0.0847. The monoisotopic (exact) mass is 320 g/mol. The highest BCUT2D eigenvalue weighted by Crippen LogP contribution is 2.28. The van der Waals surface area contributed by atoms with E-state index in [1.165, 1.54) is 0 Å². The molecule has 1 fully saturated rings. The van der Waals surface area contributed by atoms with Gasteiger partial charge in [0.1, 0.15) is 11.5 Å². The van der Waals surface area contributed by atoms with E-state index >= 15 is 0 Å². The van der Waals surface area contributed by atoms with Gasteiger partial charge in [0.05, 0.1) is 19.1 Å². The molecule has 1 aromatic carbocycles. The van der Waals surface area contributed by atoms with Crippen molar-refractivity contribution >= 4 is 5.91 Å². The van der Waals surface area contributed by atoms with Crippen LogP contribution in [0.3, 0.4) is 0 Å². The van der Waals surface area contributed by atoms with Crippen molar-refractivity contribution in [2.45, 2.75) is 39.3 Å². The van der Waals surface area contributed by atoms with Crippen LogP contribution in [0.25, 0.3) is 0 Å². The SMILES string of the molecule is CNC(=O)C1CCCN(Cc2ccc(OC)cc2OC(C)C)C1. The summed E-state index contributed by atoms with van der Waals surface area (Å²) in [5.74, 6) is 1.89. The zero-order chi connectivity index (χ0) is 16.8. The Bertz CT molecular complexity index is 531. The smallest absolute Gasteiger partial charge is 0.224 e. The van der Waals surface area contributed by atoms with Crippen LogP contribution in [0.4, 0.5) is 0 Å². The van der Waals surface area contributed by atoms with Gasteiger partial charge >= 0.3 is 0 Å². The molecule has 0 bridgehead atoms. The number of ether oxygens (including phenoxy) is 2. The molecule has 5 heteroatoms. The molecule has 1 amide bonds. The summed E-state index contributed by atoms with van der Waals surface area (Å²) in [4.78, 5) is 14.2. The van der Waals surface area contributed by atoms with Gasteiger partial charge in [-0.15, -0.1) is 0 Å². The molecule has 1 unspecified atom stereocenters. The van der Waals surface area contributed by atoms with Gasteiger partial charge in [0.2, 0.25) is 5.91 Å². The summed E-state index contributed by atoms with van der Waals surface area (Å²) in [6.07, 6.45) is 2.13. The van der Waals surface area contributed by atoms with Gasteiger partial charge in [-0.2, -0.15) is 0 Å². The second-order valence-electron chi connectivity index (χ2n) is 6.33. The Labute approximate surface area is 139 Å². The van der Waals surface area contributed by atoms with Gasteiger partial charge in [0, 0.05) is 31.8 Å². The molecule has 1 saturated heterocycles. The summed E-state index contributed by atoms with van der Waals surface area (Å²) in [5, 5.41) is 2.76. The molecule has 0 aliphatic carbocycles. The third-order valence-electron chi connectivity index (χ3n) is 4.15. The summed E-state index contributed by atoms with van der Waals surface area (Å²) >= 11 is 0. The Morgan fingerprint density at radius 2 is 2.22 bits per heavy atom. The second kappa shape index (κ2) is 8.20. The first-order chi connectivity index (χ1) is 11.0. The van der Waals surface area contributed by atoms with E-state index in [4.69, 9.17) is 9.47 Å². The molecular weight excluding hydrogens is 292 g/mol. The van der Waals surface area contributed by atoms with Crippen LogP contribution in [0.5, 0.6) is 11.5 Å². The van der Waals surface area contributed by atoms with Crippen molar-refractivity contribution in [2.24, 2.45) is 5.92 Å². The predicted molar refractivity (Wildman–Crippen MR) is 90.8 cm³/mol. The maximum Gasteiger partial charge on any atom is 0.224 e. The van der Waals surface area contributed by atoms with Crippen LogP contribution in [0.2, 0.25) is 0 Å². The number of carbonyl (C=O) groups is 1. The van der Waals surface area contributed by atoms with Gasteiger partial charge in [-0.1, -0.05) is 6.07 Å². The number of nitrogens with one attached hydrogen (secondary N) is 1. The first-order valence-corrected chi connectivity index (χ1v) is 8.31. The second-order valence-corrected chi connectivity index (χ2v) is 6.33. The van der Waals surface area contributed by atoms with Crippen LogP contribution < -0.4 is 14.8 Å². The average Bonchev–Trinajstić information content (AvgIpc) is 2.55. The van der Waals surface area contributed by atoms with Crippen LogP contribution in [0, 0.1) is 5.92 Å². The van der Waals surface area contributed by atoms with Crippen LogP contribution in [-0.4, -0.2) is 44.2 Å². The Morgan fingerprint density at radius 1 is 1.43 bits per heavy atom. The van der Waals surface area contributed by atoms with Crippen molar-refractivity contribution in [1.82, 2.24) is 10.2 Å². The van der Waals surface area contributed by atoms with Gasteiger partial charge in [-0.25, -0.2) is 0 Å². The third-order valence-corrected chi connectivity index (χ3v) is 4.15. The largest absolute Gasteiger partial charge is 0.497 e. The molecule has 0 aromatic heterocycles. The fourth-order valence-electron chi connectivity index (χ4n) is 3.01. The first-order valence-electron chi connectivity index (χ1n) is 8.31. The van der Waals surface area contributed by atoms with Crippen molar-refractivity contribution in [1.29, 1.82) is 0 Å². The van der Waals surface area contributed by atoms with Gasteiger partial charge in [-0.05, 0) is 39.3 Å². The molecule has 0 spiro atoms. The highest BCUT2D eigenvalue weighted by Gasteiger charge is 2.25. The van der Waals surface area contributed by atoms with Crippen molar-refractivity contribution < 1.29 is 14.3 Å². The van der Waals surface area contributed by atoms with E-state index in [1.807, 2.05) is 26.0 Å². The van der Waals surface area contributed by atoms with Crippen molar-refractivity contribution in [2.75, 3.05) is 27.2 Å². The lowest BCUT2D eigenvalue weighted by Crippen LogP contribution is -2.41. The number of rotatable bonds is 6. The quantitative estimate of drug-likeness (QED) is 0.875. The lowest BCUT2D eigenvalue weighted by molar-refractivity contribution is -0.126. The summed E-state index contributed by atoms with van der Waals surface area (Å²) in [6.45, 7) is 6.64. The summed E-state index contributed by atoms with van der Waals surface area (Å²) in [6, 6.07) is 5.96. The summed E-state index contributed by atoms with van der Waals surface area (Å²) in [7, 11) is 3.37. The molecule has 1 N–H and O–H groups in total. The number of piperidine rings is 1. The Kier molecular flexibility index (Phi) is 6.28. The van der Waals surface area contributed by atoms with Gasteiger partial charge in [0.25, 0.3) is 0 Å². The number of carbonyl (C=O) groups excluding carboxylic acids is 1. The Morgan fingerprint density at radius 3 is 2.87 bits per heavy atom. The number of amides is 1. The maximum absolute atomic E-state index is 11.9. The summed E-state index contributed by atoms with van der Waals surface area (Å²) in [5.41, 5.74) is 1.14. The fraction of sp³-hybridized carbons (Fsp3) is 0.611. The zero-order valence-corrected chi connectivity index (χ0v) is 14.6. The van der Waals surface area contributed by atoms with Gasteiger partial charge < -0.3 is 14.8 Å². The lowest BCUT2D eigenvalue weighted by Gasteiger charge is -2.32. The molecule has 1 aliphatic rings. The number of likely N-dealkylation sites (tertiary alicyclic amines) is 1. The van der Waals surface area contributed by atoms with Crippen LogP contribution >= 0.6 is 0 Å². The molecule has 1 heterocycles. The molecule has 1 atom stereocenters. The minimum absolute atomic E-state index is 0.0847. The fourth-order valence-corrected chi connectivity index (χ4v) is 3.01. The first kappa shape index (κ1) is 17.6. The molecule has 1 aromatic rings. The van der Waals surface area contributed by atoms with Crippen LogP contribution in [0.1, 0.15) is 32.3 Å². The minimum Gasteiger partial charge on any atom is -0.497 e. The predicted octanol–water partition coefficient (Wildman–Crippen LogP) is 2.44. The van der Waals surface area contributed by atoms with Crippen LogP contribution in [-0.2, 0) is 11.3 Å². The van der Waals surface area contributed by atoms with Gasteiger partial charge in [0.15, 0.2) is 0 Å². The topological polar surface area (TPSA) is 50.8 Å². The van der Waals surface area contributed by atoms with Crippen LogP contribution in [0.15, 0.2) is 18.2 Å². The molecule has 0 radical (unpaired) electrons. The van der Waals surface area contributed by atoms with Gasteiger partial charge in [-0.3, -0.25) is 9.69 Å². The third kappa shape index (κ3) is 4.86. The van der Waals surface area contributed by atoms with E-state index in [2.05, 4.69) is 16.3 Å².